The van der Waals surface area contributed by atoms with Gasteiger partial charge in [0.25, 0.3) is 0 Å². The minimum absolute atomic E-state index is 0.0181. The molecule has 2 unspecified atom stereocenters. The SMILES string of the molecule is CCN(C(C)=O)c1nc(CN2CC(O)C(O)C2)cs1. The molecule has 1 aliphatic rings. The van der Waals surface area contributed by atoms with Crippen molar-refractivity contribution in [3.63, 3.8) is 0 Å². The summed E-state index contributed by atoms with van der Waals surface area (Å²) in [5, 5.41) is 21.6. The molecule has 106 valence electrons. The van der Waals surface area contributed by atoms with Gasteiger partial charge in [-0.15, -0.1) is 11.3 Å². The van der Waals surface area contributed by atoms with E-state index in [2.05, 4.69) is 4.98 Å². The molecule has 0 spiro atoms. The van der Waals surface area contributed by atoms with E-state index in [4.69, 9.17) is 0 Å². The summed E-state index contributed by atoms with van der Waals surface area (Å²) in [4.78, 5) is 19.4. The molecular formula is C12H19N3O3S. The molecule has 1 aromatic heterocycles. The highest BCUT2D eigenvalue weighted by atomic mass is 32.1. The molecule has 1 amide bonds. The summed E-state index contributed by atoms with van der Waals surface area (Å²) >= 11 is 1.44. The molecule has 1 fully saturated rings. The van der Waals surface area contributed by atoms with Crippen LogP contribution < -0.4 is 4.90 Å². The van der Waals surface area contributed by atoms with Crippen molar-refractivity contribution in [1.82, 2.24) is 9.88 Å². The van der Waals surface area contributed by atoms with Crippen LogP contribution in [0.1, 0.15) is 19.5 Å². The van der Waals surface area contributed by atoms with E-state index >= 15 is 0 Å². The molecule has 0 bridgehead atoms. The Morgan fingerprint density at radius 1 is 1.53 bits per heavy atom. The van der Waals surface area contributed by atoms with Crippen LogP contribution in [0, 0.1) is 0 Å². The number of rotatable bonds is 4. The molecule has 2 rings (SSSR count). The Labute approximate surface area is 116 Å². The number of amides is 1. The third-order valence-electron chi connectivity index (χ3n) is 3.19. The first-order valence-electron chi connectivity index (χ1n) is 6.32. The van der Waals surface area contributed by atoms with Gasteiger partial charge in [0.1, 0.15) is 0 Å². The van der Waals surface area contributed by atoms with Gasteiger partial charge in [-0.1, -0.05) is 0 Å². The molecule has 0 saturated carbocycles. The van der Waals surface area contributed by atoms with Gasteiger partial charge >= 0.3 is 0 Å². The van der Waals surface area contributed by atoms with Crippen LogP contribution in [-0.2, 0) is 11.3 Å². The van der Waals surface area contributed by atoms with Gasteiger partial charge < -0.3 is 10.2 Å². The van der Waals surface area contributed by atoms with E-state index < -0.39 is 12.2 Å². The summed E-state index contributed by atoms with van der Waals surface area (Å²) in [6, 6.07) is 0. The Morgan fingerprint density at radius 2 is 2.16 bits per heavy atom. The summed E-state index contributed by atoms with van der Waals surface area (Å²) in [5.74, 6) is -0.0181. The van der Waals surface area contributed by atoms with Crippen LogP contribution in [0.4, 0.5) is 5.13 Å². The van der Waals surface area contributed by atoms with Gasteiger partial charge in [0.2, 0.25) is 5.91 Å². The molecule has 6 nitrogen and oxygen atoms in total. The Bertz CT molecular complexity index is 441. The van der Waals surface area contributed by atoms with Crippen molar-refractivity contribution in [3.05, 3.63) is 11.1 Å². The lowest BCUT2D eigenvalue weighted by atomic mass is 10.3. The zero-order chi connectivity index (χ0) is 14.0. The van der Waals surface area contributed by atoms with Crippen molar-refractivity contribution in [3.8, 4) is 0 Å². The first-order chi connectivity index (χ1) is 9.01. The van der Waals surface area contributed by atoms with E-state index in [0.717, 1.165) is 5.69 Å². The van der Waals surface area contributed by atoms with E-state index in [1.807, 2.05) is 17.2 Å². The number of anilines is 1. The second-order valence-electron chi connectivity index (χ2n) is 4.71. The van der Waals surface area contributed by atoms with Gasteiger partial charge in [-0.25, -0.2) is 4.98 Å². The maximum absolute atomic E-state index is 11.4. The Balaban J connectivity index is 2.00. The lowest BCUT2D eigenvalue weighted by molar-refractivity contribution is -0.116. The fourth-order valence-corrected chi connectivity index (χ4v) is 3.11. The van der Waals surface area contributed by atoms with Gasteiger partial charge in [-0.05, 0) is 6.92 Å². The molecular weight excluding hydrogens is 266 g/mol. The Hall–Kier alpha value is -1.02. The van der Waals surface area contributed by atoms with E-state index in [9.17, 15) is 15.0 Å². The molecule has 0 radical (unpaired) electrons. The number of aliphatic hydroxyl groups is 2. The molecule has 19 heavy (non-hydrogen) atoms. The number of hydrogen-bond acceptors (Lipinski definition) is 6. The quantitative estimate of drug-likeness (QED) is 0.817. The lowest BCUT2D eigenvalue weighted by Gasteiger charge is -2.15. The first-order valence-corrected chi connectivity index (χ1v) is 7.20. The highest BCUT2D eigenvalue weighted by Gasteiger charge is 2.29. The molecule has 1 aliphatic heterocycles. The fraction of sp³-hybridized carbons (Fsp3) is 0.667. The minimum Gasteiger partial charge on any atom is -0.389 e. The van der Waals surface area contributed by atoms with E-state index in [1.54, 1.807) is 4.90 Å². The Morgan fingerprint density at radius 3 is 2.68 bits per heavy atom. The van der Waals surface area contributed by atoms with E-state index in [-0.39, 0.29) is 5.91 Å². The van der Waals surface area contributed by atoms with Gasteiger partial charge in [0.15, 0.2) is 5.13 Å². The second kappa shape index (κ2) is 5.96. The number of carbonyl (C=O) groups excluding carboxylic acids is 1. The van der Waals surface area contributed by atoms with Crippen LogP contribution in [-0.4, -0.2) is 57.8 Å². The number of carbonyl (C=O) groups is 1. The highest BCUT2D eigenvalue weighted by molar-refractivity contribution is 7.14. The topological polar surface area (TPSA) is 76.9 Å². The molecule has 2 atom stereocenters. The average molecular weight is 285 g/mol. The van der Waals surface area contributed by atoms with Crippen LogP contribution in [0.25, 0.3) is 0 Å². The van der Waals surface area contributed by atoms with Crippen LogP contribution >= 0.6 is 11.3 Å². The number of hydrogen-bond donors (Lipinski definition) is 2. The number of thiazole rings is 1. The summed E-state index contributed by atoms with van der Waals surface area (Å²) < 4.78 is 0. The molecule has 1 saturated heterocycles. The van der Waals surface area contributed by atoms with Gasteiger partial charge in [-0.2, -0.15) is 0 Å². The zero-order valence-electron chi connectivity index (χ0n) is 11.1. The molecule has 7 heteroatoms. The predicted octanol–water partition coefficient (Wildman–Crippen LogP) is 0.0533. The molecule has 0 aliphatic carbocycles. The van der Waals surface area contributed by atoms with Crippen molar-refractivity contribution in [2.24, 2.45) is 0 Å². The average Bonchev–Trinajstić information content (AvgIpc) is 2.88. The van der Waals surface area contributed by atoms with Crippen LogP contribution in [0.5, 0.6) is 0 Å². The lowest BCUT2D eigenvalue weighted by Crippen LogP contribution is -2.28. The molecule has 0 aromatic carbocycles. The Kier molecular flexibility index (Phi) is 4.51. The van der Waals surface area contributed by atoms with E-state index in [0.29, 0.717) is 31.3 Å². The van der Waals surface area contributed by atoms with Crippen LogP contribution in [0.3, 0.4) is 0 Å². The number of β-amino-alcohol motifs (C(OH)–C–C–N with tert-alkyl or cyclic N) is 2. The fourth-order valence-electron chi connectivity index (χ4n) is 2.19. The van der Waals surface area contributed by atoms with Gasteiger partial charge in [-0.3, -0.25) is 14.6 Å². The monoisotopic (exact) mass is 285 g/mol. The van der Waals surface area contributed by atoms with Crippen molar-refractivity contribution in [2.45, 2.75) is 32.6 Å². The summed E-state index contributed by atoms with van der Waals surface area (Å²) in [6.45, 7) is 5.54. The highest BCUT2D eigenvalue weighted by Crippen LogP contribution is 2.22. The number of aromatic nitrogens is 1. The second-order valence-corrected chi connectivity index (χ2v) is 5.55. The smallest absolute Gasteiger partial charge is 0.225 e. The summed E-state index contributed by atoms with van der Waals surface area (Å²) in [6.07, 6.45) is -1.36. The normalized spacial score (nSPS) is 23.8. The van der Waals surface area contributed by atoms with Crippen molar-refractivity contribution >= 4 is 22.4 Å². The van der Waals surface area contributed by atoms with E-state index in [1.165, 1.54) is 18.3 Å². The van der Waals surface area contributed by atoms with Crippen molar-refractivity contribution < 1.29 is 15.0 Å². The third-order valence-corrected chi connectivity index (χ3v) is 4.10. The van der Waals surface area contributed by atoms with Gasteiger partial charge in [0, 0.05) is 38.5 Å². The number of nitrogens with zero attached hydrogens (tertiary/aromatic N) is 3. The van der Waals surface area contributed by atoms with Gasteiger partial charge in [0.05, 0.1) is 17.9 Å². The summed E-state index contributed by atoms with van der Waals surface area (Å²) in [5.41, 5.74) is 0.862. The molecule has 1 aromatic rings. The molecule has 2 N–H and O–H groups in total. The molecule has 2 heterocycles. The first kappa shape index (κ1) is 14.4. The zero-order valence-corrected chi connectivity index (χ0v) is 11.9. The standard InChI is InChI=1S/C12H19N3O3S/c1-3-15(8(2)16)12-13-9(7-19-12)4-14-5-10(17)11(18)6-14/h7,10-11,17-18H,3-6H2,1-2H3. The maximum Gasteiger partial charge on any atom is 0.225 e. The predicted molar refractivity (Wildman–Crippen MR) is 73.1 cm³/mol. The minimum atomic E-state index is -0.678. The summed E-state index contributed by atoms with van der Waals surface area (Å²) in [7, 11) is 0. The van der Waals surface area contributed by atoms with Crippen molar-refractivity contribution in [2.75, 3.05) is 24.5 Å². The third kappa shape index (κ3) is 3.30. The van der Waals surface area contributed by atoms with Crippen molar-refractivity contribution in [1.29, 1.82) is 0 Å². The number of aliphatic hydroxyl groups excluding tert-OH is 2. The number of likely N-dealkylation sites (tertiary alicyclic amines) is 1. The van der Waals surface area contributed by atoms with Crippen LogP contribution in [0.2, 0.25) is 0 Å². The maximum atomic E-state index is 11.4. The largest absolute Gasteiger partial charge is 0.389 e. The van der Waals surface area contributed by atoms with Crippen LogP contribution in [0.15, 0.2) is 5.38 Å².